The number of amides is 1. The standard InChI is InChI=1S/C25H23ClN6O2/c1-15(2)17-5-7-18(8-6-17)21-13-22-24-29-32(25(34)30(24)10-11-31(22)28-21)14-23(33)27-20-9-4-16(3)12-19(20)26/h4-13,15H,14H2,1-3H3,(H,27,33). The van der Waals surface area contributed by atoms with Gasteiger partial charge in [-0.2, -0.15) is 5.10 Å². The molecule has 0 radical (unpaired) electrons. The summed E-state index contributed by atoms with van der Waals surface area (Å²) in [4.78, 5) is 25.5. The molecule has 0 bridgehead atoms. The van der Waals surface area contributed by atoms with Gasteiger partial charge in [-0.05, 0) is 42.2 Å². The Hall–Kier alpha value is -3.91. The quantitative estimate of drug-likeness (QED) is 0.405. The molecule has 34 heavy (non-hydrogen) atoms. The molecule has 0 saturated carbocycles. The molecule has 9 heteroatoms. The van der Waals surface area contributed by atoms with Gasteiger partial charge in [0, 0.05) is 18.0 Å². The van der Waals surface area contributed by atoms with Crippen LogP contribution < -0.4 is 11.0 Å². The number of carbonyl (C=O) groups excluding carboxylic acids is 1. The van der Waals surface area contributed by atoms with Crippen LogP contribution in [0.5, 0.6) is 0 Å². The average Bonchev–Trinajstić information content (AvgIpc) is 3.37. The molecule has 1 amide bonds. The summed E-state index contributed by atoms with van der Waals surface area (Å²) in [5, 5.41) is 12.2. The van der Waals surface area contributed by atoms with Crippen LogP contribution in [0.15, 0.2) is 65.7 Å². The third-order valence-corrected chi connectivity index (χ3v) is 6.07. The van der Waals surface area contributed by atoms with Gasteiger partial charge < -0.3 is 5.32 Å². The van der Waals surface area contributed by atoms with E-state index >= 15 is 0 Å². The average molecular weight is 475 g/mol. The van der Waals surface area contributed by atoms with E-state index in [9.17, 15) is 9.59 Å². The minimum atomic E-state index is -0.410. The second-order valence-electron chi connectivity index (χ2n) is 8.60. The molecule has 0 atom stereocenters. The molecule has 0 unspecified atom stereocenters. The Kier molecular flexibility index (Phi) is 5.45. The zero-order chi connectivity index (χ0) is 24.0. The summed E-state index contributed by atoms with van der Waals surface area (Å²) < 4.78 is 4.23. The first kappa shape index (κ1) is 21.9. The summed E-state index contributed by atoms with van der Waals surface area (Å²) >= 11 is 6.20. The SMILES string of the molecule is Cc1ccc(NC(=O)Cn2nc3c4cc(-c5ccc(C(C)C)cc5)nn4ccn3c2=O)c(Cl)c1. The maximum Gasteiger partial charge on any atom is 0.350 e. The molecule has 2 aromatic carbocycles. The van der Waals surface area contributed by atoms with Crippen molar-refractivity contribution in [3.05, 3.63) is 87.6 Å². The maximum absolute atomic E-state index is 12.9. The Morgan fingerprint density at radius 3 is 2.53 bits per heavy atom. The molecule has 3 aromatic heterocycles. The zero-order valence-corrected chi connectivity index (χ0v) is 19.7. The number of hydrogen-bond donors (Lipinski definition) is 1. The monoisotopic (exact) mass is 474 g/mol. The molecule has 0 fully saturated rings. The minimum Gasteiger partial charge on any atom is -0.323 e. The van der Waals surface area contributed by atoms with Crippen LogP contribution in [0.3, 0.4) is 0 Å². The van der Waals surface area contributed by atoms with Crippen LogP contribution in [0.2, 0.25) is 5.02 Å². The Labute approximate surface area is 200 Å². The van der Waals surface area contributed by atoms with E-state index in [1.165, 1.54) is 9.96 Å². The van der Waals surface area contributed by atoms with E-state index in [-0.39, 0.29) is 6.54 Å². The third kappa shape index (κ3) is 3.97. The summed E-state index contributed by atoms with van der Waals surface area (Å²) in [5.41, 5.74) is 5.16. The number of hydrogen-bond acceptors (Lipinski definition) is 4. The molecule has 3 heterocycles. The molecule has 0 aliphatic carbocycles. The number of carbonyl (C=O) groups is 1. The lowest BCUT2D eigenvalue weighted by molar-refractivity contribution is -0.117. The molecule has 0 aliphatic rings. The highest BCUT2D eigenvalue weighted by Crippen LogP contribution is 2.24. The predicted molar refractivity (Wildman–Crippen MR) is 133 cm³/mol. The maximum atomic E-state index is 12.9. The number of nitrogens with zero attached hydrogens (tertiary/aromatic N) is 5. The van der Waals surface area contributed by atoms with Crippen LogP contribution in [0.4, 0.5) is 5.69 Å². The van der Waals surface area contributed by atoms with Gasteiger partial charge in [0.05, 0.1) is 16.4 Å². The Bertz CT molecular complexity index is 1590. The van der Waals surface area contributed by atoms with Gasteiger partial charge in [0.25, 0.3) is 0 Å². The summed E-state index contributed by atoms with van der Waals surface area (Å²) in [5.74, 6) is 0.0523. The fraction of sp³-hybridized carbons (Fsp3) is 0.200. The van der Waals surface area contributed by atoms with Gasteiger partial charge >= 0.3 is 5.69 Å². The van der Waals surface area contributed by atoms with Gasteiger partial charge in [-0.1, -0.05) is 55.8 Å². The number of rotatable bonds is 5. The van der Waals surface area contributed by atoms with Crippen LogP contribution in [-0.2, 0) is 11.3 Å². The van der Waals surface area contributed by atoms with E-state index in [0.717, 1.165) is 21.5 Å². The highest BCUT2D eigenvalue weighted by atomic mass is 35.5. The third-order valence-electron chi connectivity index (χ3n) is 5.76. The summed E-state index contributed by atoms with van der Waals surface area (Å²) in [6.07, 6.45) is 3.30. The van der Waals surface area contributed by atoms with E-state index in [2.05, 4.69) is 41.5 Å². The summed E-state index contributed by atoms with van der Waals surface area (Å²) in [6, 6.07) is 15.5. The highest BCUT2D eigenvalue weighted by Gasteiger charge is 2.16. The van der Waals surface area contributed by atoms with Crippen molar-refractivity contribution in [1.82, 2.24) is 23.8 Å². The van der Waals surface area contributed by atoms with E-state index in [1.54, 1.807) is 29.0 Å². The fourth-order valence-corrected chi connectivity index (χ4v) is 4.15. The van der Waals surface area contributed by atoms with E-state index in [1.807, 2.05) is 31.2 Å². The molecular formula is C25H23ClN6O2. The van der Waals surface area contributed by atoms with Gasteiger partial charge in [-0.15, -0.1) is 5.10 Å². The van der Waals surface area contributed by atoms with Gasteiger partial charge in [-0.3, -0.25) is 4.79 Å². The number of anilines is 1. The lowest BCUT2D eigenvalue weighted by Crippen LogP contribution is -2.28. The van der Waals surface area contributed by atoms with Crippen LogP contribution >= 0.6 is 11.6 Å². The van der Waals surface area contributed by atoms with Crippen molar-refractivity contribution in [2.75, 3.05) is 5.32 Å². The number of halogens is 1. The molecular weight excluding hydrogens is 452 g/mol. The number of fused-ring (bicyclic) bond motifs is 3. The Balaban J connectivity index is 1.46. The highest BCUT2D eigenvalue weighted by molar-refractivity contribution is 6.33. The number of aromatic nitrogens is 5. The molecule has 5 rings (SSSR count). The van der Waals surface area contributed by atoms with Gasteiger partial charge in [0.15, 0.2) is 5.65 Å². The summed E-state index contributed by atoms with van der Waals surface area (Å²) in [7, 11) is 0. The van der Waals surface area contributed by atoms with E-state index in [4.69, 9.17) is 11.6 Å². The Morgan fingerprint density at radius 2 is 1.82 bits per heavy atom. The first-order valence-electron chi connectivity index (χ1n) is 10.9. The normalized spacial score (nSPS) is 11.6. The first-order valence-corrected chi connectivity index (χ1v) is 11.3. The van der Waals surface area contributed by atoms with Crippen molar-refractivity contribution in [3.63, 3.8) is 0 Å². The fourth-order valence-electron chi connectivity index (χ4n) is 3.86. The van der Waals surface area contributed by atoms with Crippen molar-refractivity contribution in [3.8, 4) is 11.3 Å². The van der Waals surface area contributed by atoms with Crippen molar-refractivity contribution >= 4 is 34.4 Å². The lowest BCUT2D eigenvalue weighted by atomic mass is 10.0. The minimum absolute atomic E-state index is 0.242. The van der Waals surface area contributed by atoms with E-state index < -0.39 is 11.6 Å². The predicted octanol–water partition coefficient (Wildman–Crippen LogP) is 4.53. The zero-order valence-electron chi connectivity index (χ0n) is 19.0. The number of benzene rings is 2. The van der Waals surface area contributed by atoms with Crippen molar-refractivity contribution in [1.29, 1.82) is 0 Å². The number of nitrogens with one attached hydrogen (secondary N) is 1. The molecule has 0 saturated heterocycles. The largest absolute Gasteiger partial charge is 0.350 e. The molecule has 0 aliphatic heterocycles. The Morgan fingerprint density at radius 1 is 1.06 bits per heavy atom. The lowest BCUT2D eigenvalue weighted by Gasteiger charge is -2.07. The van der Waals surface area contributed by atoms with Gasteiger partial charge in [-0.25, -0.2) is 18.4 Å². The second kappa shape index (κ2) is 8.46. The topological polar surface area (TPSA) is 85.7 Å². The molecule has 5 aromatic rings. The van der Waals surface area contributed by atoms with Crippen molar-refractivity contribution in [2.24, 2.45) is 0 Å². The van der Waals surface area contributed by atoms with Gasteiger partial charge in [0.2, 0.25) is 5.91 Å². The van der Waals surface area contributed by atoms with E-state index in [0.29, 0.717) is 27.8 Å². The van der Waals surface area contributed by atoms with Gasteiger partial charge in [0.1, 0.15) is 12.1 Å². The summed E-state index contributed by atoms with van der Waals surface area (Å²) in [6.45, 7) is 5.98. The van der Waals surface area contributed by atoms with Crippen molar-refractivity contribution in [2.45, 2.75) is 33.2 Å². The van der Waals surface area contributed by atoms with Crippen LogP contribution in [0.25, 0.3) is 22.4 Å². The van der Waals surface area contributed by atoms with Crippen LogP contribution in [0.1, 0.15) is 30.9 Å². The van der Waals surface area contributed by atoms with Crippen molar-refractivity contribution < 1.29 is 4.79 Å². The molecule has 172 valence electrons. The molecule has 0 spiro atoms. The smallest absolute Gasteiger partial charge is 0.323 e. The second-order valence-corrected chi connectivity index (χ2v) is 9.01. The molecule has 1 N–H and O–H groups in total. The van der Waals surface area contributed by atoms with Crippen LogP contribution in [0, 0.1) is 6.92 Å². The number of aryl methyl sites for hydroxylation is 1. The van der Waals surface area contributed by atoms with Crippen LogP contribution in [-0.4, -0.2) is 29.7 Å². The molecule has 8 nitrogen and oxygen atoms in total. The first-order chi connectivity index (χ1) is 16.3.